The second-order valence-corrected chi connectivity index (χ2v) is 6.65. The molecule has 3 rings (SSSR count). The summed E-state index contributed by atoms with van der Waals surface area (Å²) < 4.78 is 50.5. The molecule has 1 aliphatic rings. The summed E-state index contributed by atoms with van der Waals surface area (Å²) in [7, 11) is 1.19. The van der Waals surface area contributed by atoms with Crippen molar-refractivity contribution < 1.29 is 32.2 Å². The highest BCUT2D eigenvalue weighted by molar-refractivity contribution is 8.14. The number of ether oxygens (including phenoxy) is 2. The van der Waals surface area contributed by atoms with Gasteiger partial charge in [0, 0.05) is 18.0 Å². The first-order valence-corrected chi connectivity index (χ1v) is 8.86. The predicted molar refractivity (Wildman–Crippen MR) is 95.2 cm³/mol. The Morgan fingerprint density at radius 3 is 2.29 bits per heavy atom. The third-order valence-corrected chi connectivity index (χ3v) is 4.98. The molecule has 1 unspecified atom stereocenters. The van der Waals surface area contributed by atoms with Gasteiger partial charge in [0.25, 0.3) is 0 Å². The first-order chi connectivity index (χ1) is 13.3. The van der Waals surface area contributed by atoms with Crippen LogP contribution in [0.15, 0.2) is 53.8 Å². The molecule has 2 heterocycles. The van der Waals surface area contributed by atoms with Crippen molar-refractivity contribution >= 4 is 28.7 Å². The van der Waals surface area contributed by atoms with Gasteiger partial charge in [0.05, 0.1) is 24.0 Å². The number of halogens is 3. The molecule has 1 atom stereocenters. The van der Waals surface area contributed by atoms with E-state index in [4.69, 9.17) is 4.74 Å². The lowest BCUT2D eigenvalue weighted by molar-refractivity contribution is -0.245. The molecule has 0 spiro atoms. The molecule has 0 saturated carbocycles. The van der Waals surface area contributed by atoms with E-state index in [0.717, 1.165) is 11.8 Å². The lowest BCUT2D eigenvalue weighted by Gasteiger charge is -2.27. The maximum atomic E-state index is 13.7. The first kappa shape index (κ1) is 19.9. The average Bonchev–Trinajstić information content (AvgIpc) is 3.13. The number of rotatable bonds is 4. The maximum absolute atomic E-state index is 13.7. The van der Waals surface area contributed by atoms with Gasteiger partial charge in [-0.2, -0.15) is 13.2 Å². The number of hydrogen-bond donors (Lipinski definition) is 0. The summed E-state index contributed by atoms with van der Waals surface area (Å²) >= 11 is 0.827. The molecular weight excluding hydrogens is 397 g/mol. The van der Waals surface area contributed by atoms with E-state index in [9.17, 15) is 22.8 Å². The van der Waals surface area contributed by atoms with Crippen molar-refractivity contribution in [3.05, 3.63) is 65.5 Å². The van der Waals surface area contributed by atoms with Crippen LogP contribution in [0.4, 0.5) is 13.2 Å². The monoisotopic (exact) mass is 410 g/mol. The van der Waals surface area contributed by atoms with Crippen molar-refractivity contribution in [2.75, 3.05) is 12.9 Å². The Balaban J connectivity index is 1.87. The number of hydrogen-bond acceptors (Lipinski definition) is 7. The summed E-state index contributed by atoms with van der Waals surface area (Å²) in [4.78, 5) is 31.3. The molecule has 146 valence electrons. The fourth-order valence-electron chi connectivity index (χ4n) is 2.36. The van der Waals surface area contributed by atoms with Crippen molar-refractivity contribution in [3.63, 3.8) is 0 Å². The molecule has 0 N–H and O–H groups in total. The maximum Gasteiger partial charge on any atom is 0.451 e. The van der Waals surface area contributed by atoms with Crippen LogP contribution in [-0.2, 0) is 9.47 Å². The third kappa shape index (κ3) is 3.86. The summed E-state index contributed by atoms with van der Waals surface area (Å²) in [6.45, 7) is 0. The Kier molecular flexibility index (Phi) is 5.41. The van der Waals surface area contributed by atoms with E-state index in [1.807, 2.05) is 0 Å². The van der Waals surface area contributed by atoms with Crippen LogP contribution in [0, 0.1) is 0 Å². The summed E-state index contributed by atoms with van der Waals surface area (Å²) in [5.74, 6) is -2.44. The molecule has 10 heteroatoms. The quantitative estimate of drug-likeness (QED) is 0.719. The summed E-state index contributed by atoms with van der Waals surface area (Å²) in [6, 6.07) is 8.03. The third-order valence-electron chi connectivity index (χ3n) is 3.84. The zero-order valence-corrected chi connectivity index (χ0v) is 15.2. The molecule has 0 aliphatic carbocycles. The van der Waals surface area contributed by atoms with Crippen molar-refractivity contribution in [3.8, 4) is 0 Å². The minimum Gasteiger partial charge on any atom is -0.465 e. The number of benzene rings is 1. The molecule has 1 aliphatic heterocycles. The van der Waals surface area contributed by atoms with Crippen LogP contribution in [0.1, 0.15) is 26.3 Å². The smallest absolute Gasteiger partial charge is 0.451 e. The number of aliphatic imine (C=N–C) groups is 1. The van der Waals surface area contributed by atoms with Crippen molar-refractivity contribution in [2.45, 2.75) is 11.9 Å². The Hall–Kier alpha value is -2.88. The molecule has 2 aromatic rings. The average molecular weight is 410 g/mol. The number of methoxy groups -OCH3 is 1. The summed E-state index contributed by atoms with van der Waals surface area (Å²) in [5.41, 5.74) is -2.60. The van der Waals surface area contributed by atoms with E-state index in [1.165, 1.54) is 43.8 Å². The Morgan fingerprint density at radius 1 is 1.11 bits per heavy atom. The van der Waals surface area contributed by atoms with Gasteiger partial charge in [0.1, 0.15) is 5.04 Å². The zero-order chi connectivity index (χ0) is 20.4. The van der Waals surface area contributed by atoms with Gasteiger partial charge in [-0.25, -0.2) is 14.6 Å². The van der Waals surface area contributed by atoms with Crippen LogP contribution in [0.25, 0.3) is 0 Å². The predicted octanol–water partition coefficient (Wildman–Crippen LogP) is 3.48. The van der Waals surface area contributed by atoms with Crippen LogP contribution in [-0.4, -0.2) is 46.7 Å². The lowest BCUT2D eigenvalue weighted by Crippen LogP contribution is -2.48. The van der Waals surface area contributed by atoms with Gasteiger partial charge < -0.3 is 9.47 Å². The molecule has 0 radical (unpaired) electrons. The highest BCUT2D eigenvalue weighted by Gasteiger charge is 2.61. The van der Waals surface area contributed by atoms with E-state index in [0.29, 0.717) is 5.56 Å². The van der Waals surface area contributed by atoms with Gasteiger partial charge in [-0.1, -0.05) is 11.8 Å². The number of thioether (sulfide) groups is 1. The van der Waals surface area contributed by atoms with Crippen molar-refractivity contribution in [1.82, 2.24) is 4.98 Å². The Labute approximate surface area is 161 Å². The van der Waals surface area contributed by atoms with Gasteiger partial charge in [-0.05, 0) is 36.4 Å². The number of carbonyl (C=O) groups excluding carboxylic acids is 2. The van der Waals surface area contributed by atoms with Crippen LogP contribution < -0.4 is 0 Å². The highest BCUT2D eigenvalue weighted by atomic mass is 32.2. The summed E-state index contributed by atoms with van der Waals surface area (Å²) in [6.07, 6.45) is -2.05. The standard InChI is InChI=1S/C18H13F3N2O4S/c1-26-15(24)11-4-6-12(7-5-11)16(25)27-17(18(19,20)21)10-28-14(23-17)13-3-2-8-22-9-13/h2-9H,10H2,1H3. The minimum absolute atomic E-state index is 0.0827. The lowest BCUT2D eigenvalue weighted by atomic mass is 10.1. The van der Waals surface area contributed by atoms with Gasteiger partial charge in [0.15, 0.2) is 0 Å². The highest BCUT2D eigenvalue weighted by Crippen LogP contribution is 2.44. The molecule has 6 nitrogen and oxygen atoms in total. The number of alkyl halides is 3. The van der Waals surface area contributed by atoms with Gasteiger partial charge in [-0.15, -0.1) is 0 Å². The van der Waals surface area contributed by atoms with Crippen molar-refractivity contribution in [1.29, 1.82) is 0 Å². The molecule has 0 amide bonds. The molecule has 1 aromatic heterocycles. The summed E-state index contributed by atoms with van der Waals surface area (Å²) in [5, 5.41) is 0.0827. The number of esters is 2. The van der Waals surface area contributed by atoms with Gasteiger partial charge >= 0.3 is 23.8 Å². The first-order valence-electron chi connectivity index (χ1n) is 7.87. The van der Waals surface area contributed by atoms with E-state index in [1.54, 1.807) is 12.1 Å². The second-order valence-electron chi connectivity index (χ2n) is 5.69. The fraction of sp³-hybridized carbons (Fsp3) is 0.222. The van der Waals surface area contributed by atoms with E-state index in [-0.39, 0.29) is 16.2 Å². The second kappa shape index (κ2) is 7.63. The molecule has 0 fully saturated rings. The van der Waals surface area contributed by atoms with Crippen LogP contribution in [0.3, 0.4) is 0 Å². The van der Waals surface area contributed by atoms with Crippen LogP contribution in [0.2, 0.25) is 0 Å². The Bertz CT molecular complexity index is 917. The number of carbonyl (C=O) groups is 2. The van der Waals surface area contributed by atoms with Crippen molar-refractivity contribution in [2.24, 2.45) is 4.99 Å². The zero-order valence-electron chi connectivity index (χ0n) is 14.4. The van der Waals surface area contributed by atoms with Gasteiger partial charge in [-0.3, -0.25) is 4.98 Å². The van der Waals surface area contributed by atoms with Crippen LogP contribution in [0.5, 0.6) is 0 Å². The molecule has 0 bridgehead atoms. The van der Waals surface area contributed by atoms with Crippen LogP contribution >= 0.6 is 11.8 Å². The minimum atomic E-state index is -4.91. The molecule has 1 aromatic carbocycles. The SMILES string of the molecule is COC(=O)c1ccc(C(=O)OC2(C(F)(F)F)CSC(c3cccnc3)=N2)cc1. The van der Waals surface area contributed by atoms with E-state index >= 15 is 0 Å². The Morgan fingerprint density at radius 2 is 1.75 bits per heavy atom. The number of aromatic nitrogens is 1. The number of nitrogens with zero attached hydrogens (tertiary/aromatic N) is 2. The van der Waals surface area contributed by atoms with E-state index < -0.39 is 29.6 Å². The normalized spacial score (nSPS) is 19.1. The molecular formula is C18H13F3N2O4S. The molecule has 0 saturated heterocycles. The fourth-order valence-corrected chi connectivity index (χ4v) is 3.48. The van der Waals surface area contributed by atoms with Gasteiger partial charge in [0.2, 0.25) is 0 Å². The largest absolute Gasteiger partial charge is 0.465 e. The molecule has 28 heavy (non-hydrogen) atoms. The van der Waals surface area contributed by atoms with E-state index in [2.05, 4.69) is 14.7 Å². The number of pyridine rings is 1. The topological polar surface area (TPSA) is 77.9 Å².